The summed E-state index contributed by atoms with van der Waals surface area (Å²) >= 11 is 0. The van der Waals surface area contributed by atoms with Crippen LogP contribution in [0.2, 0.25) is 0 Å². The summed E-state index contributed by atoms with van der Waals surface area (Å²) < 4.78 is 4.95. The minimum absolute atomic E-state index is 0.108. The van der Waals surface area contributed by atoms with E-state index >= 15 is 0 Å². The molecule has 1 unspecified atom stereocenters. The zero-order valence-corrected chi connectivity index (χ0v) is 9.95. The molecule has 4 heteroatoms. The van der Waals surface area contributed by atoms with Crippen molar-refractivity contribution in [2.45, 2.75) is 32.7 Å². The summed E-state index contributed by atoms with van der Waals surface area (Å²) in [6.45, 7) is 6.37. The Balaban J connectivity index is 2.49. The van der Waals surface area contributed by atoms with Gasteiger partial charge in [-0.3, -0.25) is 10.1 Å². The number of likely N-dealkylation sites (tertiary alicyclic amines) is 1. The third kappa shape index (κ3) is 3.47. The van der Waals surface area contributed by atoms with Crippen molar-refractivity contribution in [2.24, 2.45) is 5.92 Å². The van der Waals surface area contributed by atoms with E-state index in [9.17, 15) is 4.79 Å². The fourth-order valence-electron chi connectivity index (χ4n) is 1.92. The smallest absolute Gasteiger partial charge is 0.240 e. The summed E-state index contributed by atoms with van der Waals surface area (Å²) in [5, 5.41) is 3.13. The first-order valence-corrected chi connectivity index (χ1v) is 5.68. The minimum atomic E-state index is -0.108. The molecular weight excluding hydrogens is 192 g/mol. The molecule has 4 nitrogen and oxygen atoms in total. The molecule has 0 saturated carbocycles. The van der Waals surface area contributed by atoms with E-state index in [4.69, 9.17) is 4.74 Å². The predicted molar refractivity (Wildman–Crippen MR) is 59.5 cm³/mol. The normalized spacial score (nSPS) is 18.5. The molecule has 0 spiro atoms. The van der Waals surface area contributed by atoms with Crippen LogP contribution in [-0.2, 0) is 9.53 Å². The molecule has 0 aromatic rings. The van der Waals surface area contributed by atoms with Gasteiger partial charge in [-0.15, -0.1) is 0 Å². The Bertz CT molecular complexity index is 201. The molecule has 0 bridgehead atoms. The molecule has 1 aliphatic rings. The third-order valence-corrected chi connectivity index (χ3v) is 2.80. The lowest BCUT2D eigenvalue weighted by Crippen LogP contribution is -2.48. The first-order valence-electron chi connectivity index (χ1n) is 5.68. The molecule has 88 valence electrons. The summed E-state index contributed by atoms with van der Waals surface area (Å²) in [7, 11) is 1.63. The van der Waals surface area contributed by atoms with Crippen LogP contribution in [0, 0.1) is 5.92 Å². The molecule has 1 saturated heterocycles. The van der Waals surface area contributed by atoms with Crippen molar-refractivity contribution in [1.82, 2.24) is 10.2 Å². The Kier molecular flexibility index (Phi) is 5.05. The maximum absolute atomic E-state index is 12.1. The second kappa shape index (κ2) is 6.08. The molecule has 1 heterocycles. The Morgan fingerprint density at radius 3 is 2.47 bits per heavy atom. The van der Waals surface area contributed by atoms with Crippen molar-refractivity contribution in [3.63, 3.8) is 0 Å². The molecule has 1 atom stereocenters. The predicted octanol–water partition coefficient (Wildman–Crippen LogP) is 0.827. The van der Waals surface area contributed by atoms with Crippen LogP contribution in [0.25, 0.3) is 0 Å². The van der Waals surface area contributed by atoms with Gasteiger partial charge in [0.1, 0.15) is 0 Å². The highest BCUT2D eigenvalue weighted by Crippen LogP contribution is 2.12. The minimum Gasteiger partial charge on any atom is -0.370 e. The molecule has 0 aromatic carbocycles. The number of hydrogen-bond acceptors (Lipinski definition) is 3. The Morgan fingerprint density at radius 1 is 1.40 bits per heavy atom. The summed E-state index contributed by atoms with van der Waals surface area (Å²) in [5.74, 6) is 0.521. The average molecular weight is 214 g/mol. The standard InChI is InChI=1S/C11H22N2O2/c1-9(2)10(12-8-15-3)11(14)13-6-4-5-7-13/h9-10,12H,4-8H2,1-3H3. The number of carbonyl (C=O) groups is 1. The molecule has 15 heavy (non-hydrogen) atoms. The van der Waals surface area contributed by atoms with E-state index in [0.717, 1.165) is 25.9 Å². The van der Waals surface area contributed by atoms with Gasteiger partial charge in [0.15, 0.2) is 0 Å². The fraction of sp³-hybridized carbons (Fsp3) is 0.909. The van der Waals surface area contributed by atoms with Crippen molar-refractivity contribution >= 4 is 5.91 Å². The zero-order valence-electron chi connectivity index (χ0n) is 9.95. The summed E-state index contributed by atoms with van der Waals surface area (Å²) in [6, 6.07) is -0.108. The molecule has 1 fully saturated rings. The number of nitrogens with one attached hydrogen (secondary N) is 1. The van der Waals surface area contributed by atoms with Crippen molar-refractivity contribution in [1.29, 1.82) is 0 Å². The van der Waals surface area contributed by atoms with Crippen LogP contribution in [0.3, 0.4) is 0 Å². The Hall–Kier alpha value is -0.610. The van der Waals surface area contributed by atoms with Crippen LogP contribution >= 0.6 is 0 Å². The maximum atomic E-state index is 12.1. The van der Waals surface area contributed by atoms with Gasteiger partial charge in [0.05, 0.1) is 12.8 Å². The molecule has 1 rings (SSSR count). The molecule has 1 amide bonds. The largest absolute Gasteiger partial charge is 0.370 e. The van der Waals surface area contributed by atoms with Gasteiger partial charge in [-0.25, -0.2) is 0 Å². The average Bonchev–Trinajstić information content (AvgIpc) is 2.70. The van der Waals surface area contributed by atoms with Crippen LogP contribution in [0.1, 0.15) is 26.7 Å². The first kappa shape index (κ1) is 12.5. The molecule has 0 aromatic heterocycles. The van der Waals surface area contributed by atoms with Gasteiger partial charge in [-0.1, -0.05) is 13.8 Å². The number of rotatable bonds is 5. The topological polar surface area (TPSA) is 41.6 Å². The van der Waals surface area contributed by atoms with Gasteiger partial charge in [0.25, 0.3) is 0 Å². The summed E-state index contributed by atoms with van der Waals surface area (Å²) in [5.41, 5.74) is 0. The third-order valence-electron chi connectivity index (χ3n) is 2.80. The lowest BCUT2D eigenvalue weighted by Gasteiger charge is -2.26. The van der Waals surface area contributed by atoms with E-state index in [1.54, 1.807) is 7.11 Å². The van der Waals surface area contributed by atoms with Crippen molar-refractivity contribution < 1.29 is 9.53 Å². The Morgan fingerprint density at radius 2 is 2.00 bits per heavy atom. The second-order valence-corrected chi connectivity index (χ2v) is 4.39. The van der Waals surface area contributed by atoms with Crippen LogP contribution in [0.5, 0.6) is 0 Å². The second-order valence-electron chi connectivity index (χ2n) is 4.39. The van der Waals surface area contributed by atoms with E-state index in [-0.39, 0.29) is 11.9 Å². The van der Waals surface area contributed by atoms with E-state index in [1.165, 1.54) is 0 Å². The maximum Gasteiger partial charge on any atom is 0.240 e. The van der Waals surface area contributed by atoms with Crippen molar-refractivity contribution in [3.8, 4) is 0 Å². The van der Waals surface area contributed by atoms with E-state index in [0.29, 0.717) is 12.6 Å². The number of nitrogens with zero attached hydrogens (tertiary/aromatic N) is 1. The lowest BCUT2D eigenvalue weighted by atomic mass is 10.0. The Labute approximate surface area is 92.0 Å². The van der Waals surface area contributed by atoms with Gasteiger partial charge in [-0.05, 0) is 18.8 Å². The number of amides is 1. The summed E-state index contributed by atoms with van der Waals surface area (Å²) in [4.78, 5) is 14.1. The molecule has 0 radical (unpaired) electrons. The van der Waals surface area contributed by atoms with Gasteiger partial charge >= 0.3 is 0 Å². The molecule has 0 aliphatic carbocycles. The highest BCUT2D eigenvalue weighted by atomic mass is 16.5. The van der Waals surface area contributed by atoms with Gasteiger partial charge in [0.2, 0.25) is 5.91 Å². The number of methoxy groups -OCH3 is 1. The highest BCUT2D eigenvalue weighted by molar-refractivity contribution is 5.82. The molecule has 1 N–H and O–H groups in total. The van der Waals surface area contributed by atoms with Crippen LogP contribution < -0.4 is 5.32 Å². The number of ether oxygens (including phenoxy) is 1. The number of hydrogen-bond donors (Lipinski definition) is 1. The molecular formula is C11H22N2O2. The monoisotopic (exact) mass is 214 g/mol. The first-order chi connectivity index (χ1) is 7.16. The summed E-state index contributed by atoms with van der Waals surface area (Å²) in [6.07, 6.45) is 2.28. The van der Waals surface area contributed by atoms with Gasteiger partial charge in [-0.2, -0.15) is 0 Å². The van der Waals surface area contributed by atoms with Crippen LogP contribution in [-0.4, -0.2) is 43.8 Å². The van der Waals surface area contributed by atoms with E-state index < -0.39 is 0 Å². The van der Waals surface area contributed by atoms with Gasteiger partial charge in [0, 0.05) is 20.2 Å². The highest BCUT2D eigenvalue weighted by Gasteiger charge is 2.27. The SMILES string of the molecule is COCNC(C(=O)N1CCCC1)C(C)C. The zero-order chi connectivity index (χ0) is 11.3. The number of carbonyl (C=O) groups excluding carboxylic acids is 1. The fourth-order valence-corrected chi connectivity index (χ4v) is 1.92. The quantitative estimate of drug-likeness (QED) is 0.689. The van der Waals surface area contributed by atoms with Crippen molar-refractivity contribution in [2.75, 3.05) is 26.9 Å². The van der Waals surface area contributed by atoms with E-state index in [1.807, 2.05) is 4.90 Å². The van der Waals surface area contributed by atoms with Crippen molar-refractivity contribution in [3.05, 3.63) is 0 Å². The van der Waals surface area contributed by atoms with Crippen LogP contribution in [0.15, 0.2) is 0 Å². The van der Waals surface area contributed by atoms with Gasteiger partial charge < -0.3 is 9.64 Å². The van der Waals surface area contributed by atoms with E-state index in [2.05, 4.69) is 19.2 Å². The molecule has 1 aliphatic heterocycles. The lowest BCUT2D eigenvalue weighted by molar-refractivity contribution is -0.134. The van der Waals surface area contributed by atoms with Crippen LogP contribution in [0.4, 0.5) is 0 Å².